The summed E-state index contributed by atoms with van der Waals surface area (Å²) in [5.74, 6) is 0.618. The van der Waals surface area contributed by atoms with Gasteiger partial charge in [-0.25, -0.2) is 0 Å². The van der Waals surface area contributed by atoms with Gasteiger partial charge >= 0.3 is 0 Å². The van der Waals surface area contributed by atoms with Gasteiger partial charge in [0.1, 0.15) is 5.75 Å². The Morgan fingerprint density at radius 2 is 2.15 bits per heavy atom. The lowest BCUT2D eigenvalue weighted by Gasteiger charge is -2.09. The fourth-order valence-corrected chi connectivity index (χ4v) is 1.04. The third-order valence-electron chi connectivity index (χ3n) is 1.50. The smallest absolute Gasteiger partial charge is 0.221 e. The molecule has 0 aromatic heterocycles. The van der Waals surface area contributed by atoms with E-state index in [1.807, 2.05) is 31.2 Å². The van der Waals surface area contributed by atoms with Crippen LogP contribution < -0.4 is 10.1 Å². The number of carbonyl (C=O) groups is 1. The lowest BCUT2D eigenvalue weighted by molar-refractivity contribution is -0.114. The van der Waals surface area contributed by atoms with Crippen LogP contribution in [0.15, 0.2) is 24.3 Å². The first-order valence-corrected chi connectivity index (χ1v) is 4.23. The molecule has 0 unspecified atom stereocenters. The zero-order chi connectivity index (χ0) is 9.68. The van der Waals surface area contributed by atoms with Gasteiger partial charge in [0.25, 0.3) is 0 Å². The fraction of sp³-hybridized carbons (Fsp3) is 0.300. The lowest BCUT2D eigenvalue weighted by atomic mass is 10.3. The minimum Gasteiger partial charge on any atom is -0.492 e. The number of rotatable bonds is 3. The number of nitrogens with one attached hydrogen (secondary N) is 1. The molecule has 1 N–H and O–H groups in total. The van der Waals surface area contributed by atoms with E-state index in [2.05, 4.69) is 5.32 Å². The second-order valence-corrected chi connectivity index (χ2v) is 2.61. The average Bonchev–Trinajstić information content (AvgIpc) is 2.08. The summed E-state index contributed by atoms with van der Waals surface area (Å²) in [4.78, 5) is 10.8. The van der Waals surface area contributed by atoms with E-state index in [1.165, 1.54) is 6.92 Å². The summed E-state index contributed by atoms with van der Waals surface area (Å²) in [5, 5.41) is 2.69. The molecule has 0 spiro atoms. The predicted octanol–water partition coefficient (Wildman–Crippen LogP) is 2.04. The molecule has 13 heavy (non-hydrogen) atoms. The average molecular weight is 179 g/mol. The third-order valence-corrected chi connectivity index (χ3v) is 1.50. The fourth-order valence-electron chi connectivity index (χ4n) is 1.04. The Hall–Kier alpha value is -1.51. The maximum atomic E-state index is 10.8. The molecule has 1 amide bonds. The summed E-state index contributed by atoms with van der Waals surface area (Å²) in [6.07, 6.45) is 0. The minimum atomic E-state index is -0.0906. The Morgan fingerprint density at radius 3 is 2.77 bits per heavy atom. The monoisotopic (exact) mass is 179 g/mol. The zero-order valence-electron chi connectivity index (χ0n) is 7.83. The molecule has 1 aromatic rings. The number of anilines is 1. The second kappa shape index (κ2) is 4.50. The van der Waals surface area contributed by atoms with Crippen LogP contribution in [0.3, 0.4) is 0 Å². The van der Waals surface area contributed by atoms with Gasteiger partial charge in [-0.2, -0.15) is 0 Å². The van der Waals surface area contributed by atoms with Crippen molar-refractivity contribution in [2.24, 2.45) is 0 Å². The summed E-state index contributed by atoms with van der Waals surface area (Å²) in [6, 6.07) is 7.37. The van der Waals surface area contributed by atoms with Crippen LogP contribution in [0.2, 0.25) is 0 Å². The minimum absolute atomic E-state index is 0.0906. The number of benzene rings is 1. The predicted molar refractivity (Wildman–Crippen MR) is 51.9 cm³/mol. The van der Waals surface area contributed by atoms with Gasteiger partial charge in [-0.05, 0) is 19.1 Å². The van der Waals surface area contributed by atoms with Crippen LogP contribution in [0.25, 0.3) is 0 Å². The van der Waals surface area contributed by atoms with E-state index in [4.69, 9.17) is 4.74 Å². The lowest BCUT2D eigenvalue weighted by Crippen LogP contribution is -2.07. The number of hydrogen-bond acceptors (Lipinski definition) is 2. The Labute approximate surface area is 77.7 Å². The molecule has 0 aliphatic rings. The van der Waals surface area contributed by atoms with Gasteiger partial charge in [0.2, 0.25) is 5.91 Å². The topological polar surface area (TPSA) is 38.3 Å². The van der Waals surface area contributed by atoms with Gasteiger partial charge in [0, 0.05) is 6.92 Å². The van der Waals surface area contributed by atoms with Gasteiger partial charge in [0.15, 0.2) is 0 Å². The summed E-state index contributed by atoms with van der Waals surface area (Å²) in [5.41, 5.74) is 0.719. The molecule has 1 aromatic carbocycles. The molecule has 0 heterocycles. The highest BCUT2D eigenvalue weighted by atomic mass is 16.5. The van der Waals surface area contributed by atoms with Crippen molar-refractivity contribution in [3.05, 3.63) is 24.3 Å². The van der Waals surface area contributed by atoms with Crippen LogP contribution in [0.1, 0.15) is 13.8 Å². The summed E-state index contributed by atoms with van der Waals surface area (Å²) >= 11 is 0. The number of para-hydroxylation sites is 2. The molecule has 0 saturated heterocycles. The molecule has 1 rings (SSSR count). The number of hydrogen-bond donors (Lipinski definition) is 1. The quantitative estimate of drug-likeness (QED) is 0.771. The van der Waals surface area contributed by atoms with Crippen LogP contribution in [-0.2, 0) is 4.79 Å². The molecular formula is C10H13NO2. The van der Waals surface area contributed by atoms with E-state index in [0.29, 0.717) is 12.4 Å². The molecular weight excluding hydrogens is 166 g/mol. The number of carbonyl (C=O) groups excluding carboxylic acids is 1. The van der Waals surface area contributed by atoms with Crippen molar-refractivity contribution < 1.29 is 9.53 Å². The molecule has 0 saturated carbocycles. The van der Waals surface area contributed by atoms with E-state index in [9.17, 15) is 4.79 Å². The summed E-state index contributed by atoms with van der Waals surface area (Å²) < 4.78 is 5.32. The maximum absolute atomic E-state index is 10.8. The third kappa shape index (κ3) is 2.78. The molecule has 3 heteroatoms. The number of amides is 1. The van der Waals surface area contributed by atoms with Crippen molar-refractivity contribution in [3.63, 3.8) is 0 Å². The summed E-state index contributed by atoms with van der Waals surface area (Å²) in [6.45, 7) is 3.98. The Balaban J connectivity index is 2.84. The maximum Gasteiger partial charge on any atom is 0.221 e. The van der Waals surface area contributed by atoms with Crippen LogP contribution in [0.4, 0.5) is 5.69 Å². The van der Waals surface area contributed by atoms with E-state index < -0.39 is 0 Å². The molecule has 0 aliphatic heterocycles. The van der Waals surface area contributed by atoms with Gasteiger partial charge in [-0.1, -0.05) is 12.1 Å². The zero-order valence-corrected chi connectivity index (χ0v) is 7.83. The van der Waals surface area contributed by atoms with Crippen LogP contribution in [0, 0.1) is 0 Å². The van der Waals surface area contributed by atoms with E-state index in [-0.39, 0.29) is 5.91 Å². The normalized spacial score (nSPS) is 9.38. The van der Waals surface area contributed by atoms with Crippen LogP contribution in [0.5, 0.6) is 5.75 Å². The molecule has 0 bridgehead atoms. The van der Waals surface area contributed by atoms with Gasteiger partial charge in [-0.15, -0.1) is 0 Å². The van der Waals surface area contributed by atoms with E-state index >= 15 is 0 Å². The first-order valence-electron chi connectivity index (χ1n) is 4.23. The Kier molecular flexibility index (Phi) is 3.31. The van der Waals surface area contributed by atoms with Crippen LogP contribution >= 0.6 is 0 Å². The van der Waals surface area contributed by atoms with Gasteiger partial charge < -0.3 is 10.1 Å². The Morgan fingerprint density at radius 1 is 1.46 bits per heavy atom. The first kappa shape index (κ1) is 9.58. The van der Waals surface area contributed by atoms with Crippen molar-refractivity contribution in [2.75, 3.05) is 11.9 Å². The molecule has 0 aliphatic carbocycles. The SMILES string of the molecule is CCOc1ccccc1NC(C)=O. The van der Waals surface area contributed by atoms with Crippen LogP contribution in [-0.4, -0.2) is 12.5 Å². The van der Waals surface area contributed by atoms with Crippen molar-refractivity contribution in [3.8, 4) is 5.75 Å². The van der Waals surface area contributed by atoms with Crippen molar-refractivity contribution in [1.82, 2.24) is 0 Å². The van der Waals surface area contributed by atoms with E-state index in [0.717, 1.165) is 5.69 Å². The molecule has 0 atom stereocenters. The van der Waals surface area contributed by atoms with E-state index in [1.54, 1.807) is 0 Å². The second-order valence-electron chi connectivity index (χ2n) is 2.61. The van der Waals surface area contributed by atoms with Gasteiger partial charge in [-0.3, -0.25) is 4.79 Å². The van der Waals surface area contributed by atoms with Crippen molar-refractivity contribution >= 4 is 11.6 Å². The highest BCUT2D eigenvalue weighted by Crippen LogP contribution is 2.23. The van der Waals surface area contributed by atoms with Crippen molar-refractivity contribution in [2.45, 2.75) is 13.8 Å². The molecule has 3 nitrogen and oxygen atoms in total. The van der Waals surface area contributed by atoms with Gasteiger partial charge in [0.05, 0.1) is 12.3 Å². The van der Waals surface area contributed by atoms with Crippen molar-refractivity contribution in [1.29, 1.82) is 0 Å². The highest BCUT2D eigenvalue weighted by molar-refractivity contribution is 5.90. The largest absolute Gasteiger partial charge is 0.492 e. The summed E-state index contributed by atoms with van der Waals surface area (Å²) in [7, 11) is 0. The molecule has 70 valence electrons. The standard InChI is InChI=1S/C10H13NO2/c1-3-13-10-7-5-4-6-9(10)11-8(2)12/h4-7H,3H2,1-2H3,(H,11,12). The first-order chi connectivity index (χ1) is 6.24. The molecule has 0 fully saturated rings. The Bertz CT molecular complexity index is 297. The highest BCUT2D eigenvalue weighted by Gasteiger charge is 2.02. The number of ether oxygens (including phenoxy) is 1. The molecule has 0 radical (unpaired) electrons.